The molecule has 1 aromatic rings. The van der Waals surface area contributed by atoms with Gasteiger partial charge in [-0.15, -0.1) is 0 Å². The van der Waals surface area contributed by atoms with Crippen LogP contribution in [0, 0.1) is 17.8 Å². The smallest absolute Gasteiger partial charge is 0.337 e. The van der Waals surface area contributed by atoms with Crippen molar-refractivity contribution in [1.29, 1.82) is 0 Å². The summed E-state index contributed by atoms with van der Waals surface area (Å²) in [6.07, 6.45) is 6.36. The van der Waals surface area contributed by atoms with Crippen LogP contribution in [0.2, 0.25) is 18.1 Å². The lowest BCUT2D eigenvalue weighted by Gasteiger charge is -2.36. The maximum Gasteiger partial charge on any atom is 0.337 e. The Hall–Kier alpha value is -2.07. The molecule has 0 radical (unpaired) electrons. The van der Waals surface area contributed by atoms with Crippen LogP contribution in [0.4, 0.5) is 0 Å². The predicted molar refractivity (Wildman–Crippen MR) is 146 cm³/mol. The first-order chi connectivity index (χ1) is 16.6. The molecule has 1 aliphatic heterocycles. The van der Waals surface area contributed by atoms with Gasteiger partial charge in [-0.3, -0.25) is 0 Å². The number of carbonyl (C=O) groups excluding carboxylic acids is 1. The fourth-order valence-electron chi connectivity index (χ4n) is 4.64. The van der Waals surface area contributed by atoms with Gasteiger partial charge >= 0.3 is 5.97 Å². The van der Waals surface area contributed by atoms with Crippen molar-refractivity contribution < 1.29 is 23.8 Å². The zero-order valence-corrected chi connectivity index (χ0v) is 24.4. The van der Waals surface area contributed by atoms with Crippen LogP contribution in [-0.2, 0) is 31.7 Å². The largest absolute Gasteiger partial charge is 0.457 e. The Morgan fingerprint density at radius 3 is 2.39 bits per heavy atom. The van der Waals surface area contributed by atoms with Crippen LogP contribution in [0.15, 0.2) is 30.0 Å². The Morgan fingerprint density at radius 1 is 1.14 bits per heavy atom. The molecule has 1 atom stereocenters. The Morgan fingerprint density at radius 2 is 1.81 bits per heavy atom. The van der Waals surface area contributed by atoms with E-state index in [4.69, 9.17) is 13.9 Å². The van der Waals surface area contributed by atoms with Crippen LogP contribution in [0.3, 0.4) is 0 Å². The van der Waals surface area contributed by atoms with E-state index in [9.17, 15) is 9.90 Å². The van der Waals surface area contributed by atoms with Gasteiger partial charge in [0.1, 0.15) is 11.4 Å². The number of aryl methyl sites for hydroxylation is 1. The highest BCUT2D eigenvalue weighted by atomic mass is 28.4. The van der Waals surface area contributed by atoms with Gasteiger partial charge in [0.2, 0.25) is 5.79 Å². The van der Waals surface area contributed by atoms with Crippen molar-refractivity contribution in [3.63, 3.8) is 0 Å². The van der Waals surface area contributed by atoms with Gasteiger partial charge in [0, 0.05) is 25.8 Å². The number of cyclic esters (lactones) is 1. The standard InChI is InChI=1S/C30H44O5Si/c1-9-23-18-22(14-15-24(23)21-33-36(7,8)28(2,3)4)16-17-30(32,25-12-10-11-13-25)20-26-19-27(31)35-29(5,6)34-26/h14-15,18-19,25,32H,9-13,20-21H2,1-8H3. The van der Waals surface area contributed by atoms with E-state index in [1.165, 1.54) is 17.2 Å². The fourth-order valence-corrected chi connectivity index (χ4v) is 5.59. The second-order valence-corrected chi connectivity index (χ2v) is 17.1. The van der Waals surface area contributed by atoms with E-state index < -0.39 is 25.7 Å². The number of rotatable bonds is 7. The van der Waals surface area contributed by atoms with Gasteiger partial charge in [0.25, 0.3) is 0 Å². The summed E-state index contributed by atoms with van der Waals surface area (Å²) in [6, 6.07) is 6.24. The van der Waals surface area contributed by atoms with Crippen molar-refractivity contribution in [2.24, 2.45) is 5.92 Å². The molecule has 1 aromatic carbocycles. The first-order valence-electron chi connectivity index (χ1n) is 13.3. The van der Waals surface area contributed by atoms with E-state index in [1.54, 1.807) is 13.8 Å². The van der Waals surface area contributed by atoms with Crippen LogP contribution in [-0.4, -0.2) is 30.8 Å². The molecule has 1 aliphatic carbocycles. The molecular weight excluding hydrogens is 468 g/mol. The van der Waals surface area contributed by atoms with Crippen molar-refractivity contribution in [1.82, 2.24) is 0 Å². The number of esters is 1. The van der Waals surface area contributed by atoms with Gasteiger partial charge in [0.15, 0.2) is 8.32 Å². The molecule has 6 heteroatoms. The van der Waals surface area contributed by atoms with E-state index in [1.807, 2.05) is 6.07 Å². The molecule has 3 rings (SSSR count). The van der Waals surface area contributed by atoms with E-state index >= 15 is 0 Å². The third-order valence-corrected chi connectivity index (χ3v) is 12.4. The van der Waals surface area contributed by atoms with Crippen LogP contribution in [0.25, 0.3) is 0 Å². The van der Waals surface area contributed by atoms with Gasteiger partial charge in [-0.1, -0.05) is 58.4 Å². The highest BCUT2D eigenvalue weighted by Gasteiger charge is 2.41. The molecule has 36 heavy (non-hydrogen) atoms. The summed E-state index contributed by atoms with van der Waals surface area (Å²) in [6.45, 7) is 17.4. The monoisotopic (exact) mass is 512 g/mol. The zero-order chi connectivity index (χ0) is 26.8. The van der Waals surface area contributed by atoms with Crippen molar-refractivity contribution in [3.8, 4) is 11.8 Å². The lowest BCUT2D eigenvalue weighted by Crippen LogP contribution is -2.40. The Bertz CT molecular complexity index is 1050. The summed E-state index contributed by atoms with van der Waals surface area (Å²) in [4.78, 5) is 12.0. The lowest BCUT2D eigenvalue weighted by atomic mass is 9.82. The van der Waals surface area contributed by atoms with Crippen molar-refractivity contribution in [3.05, 3.63) is 46.7 Å². The number of hydrogen-bond donors (Lipinski definition) is 1. The predicted octanol–water partition coefficient (Wildman–Crippen LogP) is 6.63. The average Bonchev–Trinajstić information content (AvgIpc) is 3.30. The fraction of sp³-hybridized carbons (Fsp3) is 0.633. The van der Waals surface area contributed by atoms with Gasteiger partial charge in [-0.2, -0.15) is 0 Å². The molecule has 1 heterocycles. The van der Waals surface area contributed by atoms with Crippen LogP contribution in [0.1, 0.15) is 90.3 Å². The van der Waals surface area contributed by atoms with E-state index in [2.05, 4.69) is 64.8 Å². The van der Waals surface area contributed by atoms with Crippen molar-refractivity contribution in [2.45, 2.75) is 116 Å². The molecule has 0 aromatic heterocycles. The Balaban J connectivity index is 1.84. The normalized spacial score (nSPS) is 20.0. The van der Waals surface area contributed by atoms with Crippen LogP contribution < -0.4 is 0 Å². The number of benzene rings is 1. The zero-order valence-electron chi connectivity index (χ0n) is 23.4. The third-order valence-electron chi connectivity index (χ3n) is 7.88. The van der Waals surface area contributed by atoms with Gasteiger partial charge in [0.05, 0.1) is 12.7 Å². The third kappa shape index (κ3) is 7.03. The summed E-state index contributed by atoms with van der Waals surface area (Å²) in [5.41, 5.74) is 2.01. The summed E-state index contributed by atoms with van der Waals surface area (Å²) in [7, 11) is -1.84. The molecule has 198 valence electrons. The number of hydrogen-bond acceptors (Lipinski definition) is 5. The molecule has 5 nitrogen and oxygen atoms in total. The van der Waals surface area contributed by atoms with Gasteiger partial charge in [-0.25, -0.2) is 4.79 Å². The molecule has 1 saturated carbocycles. The minimum atomic E-state index is -1.84. The number of ether oxygens (including phenoxy) is 2. The Kier molecular flexibility index (Phi) is 8.49. The van der Waals surface area contributed by atoms with Gasteiger partial charge < -0.3 is 19.0 Å². The first-order valence-corrected chi connectivity index (χ1v) is 16.2. The molecule has 1 unspecified atom stereocenters. The van der Waals surface area contributed by atoms with Crippen molar-refractivity contribution in [2.75, 3.05) is 0 Å². The second-order valence-electron chi connectivity index (χ2n) is 12.3. The molecule has 1 fully saturated rings. The molecule has 1 N–H and O–H groups in total. The van der Waals surface area contributed by atoms with Gasteiger partial charge in [-0.05, 0) is 66.6 Å². The molecule has 2 aliphatic rings. The summed E-state index contributed by atoms with van der Waals surface area (Å²) in [5, 5.41) is 11.9. The van der Waals surface area contributed by atoms with E-state index in [-0.39, 0.29) is 17.4 Å². The average molecular weight is 513 g/mol. The summed E-state index contributed by atoms with van der Waals surface area (Å²) < 4.78 is 17.5. The molecular formula is C30H44O5Si. The quantitative estimate of drug-likeness (QED) is 0.252. The SMILES string of the molecule is CCc1cc(C#CC(O)(CC2=CC(=O)OC(C)(C)O2)C2CCCC2)ccc1CO[Si](C)(C)C(C)(C)C. The molecule has 0 bridgehead atoms. The number of aliphatic hydroxyl groups is 1. The number of carbonyl (C=O) groups is 1. The molecule has 0 saturated heterocycles. The maximum atomic E-state index is 12.0. The van der Waals surface area contributed by atoms with E-state index in [0.717, 1.165) is 37.7 Å². The summed E-state index contributed by atoms with van der Waals surface area (Å²) in [5.74, 6) is 5.41. The van der Waals surface area contributed by atoms with E-state index in [0.29, 0.717) is 12.4 Å². The van der Waals surface area contributed by atoms with Crippen LogP contribution in [0.5, 0.6) is 0 Å². The lowest BCUT2D eigenvalue weighted by molar-refractivity contribution is -0.207. The summed E-state index contributed by atoms with van der Waals surface area (Å²) >= 11 is 0. The topological polar surface area (TPSA) is 65.0 Å². The maximum absolute atomic E-state index is 12.0. The molecule has 0 spiro atoms. The highest BCUT2D eigenvalue weighted by molar-refractivity contribution is 6.74. The molecule has 0 amide bonds. The Labute approximate surface area is 218 Å². The van der Waals surface area contributed by atoms with Crippen molar-refractivity contribution >= 4 is 14.3 Å². The minimum absolute atomic E-state index is 0.0402. The first kappa shape index (κ1) is 28.5. The second kappa shape index (κ2) is 10.7. The minimum Gasteiger partial charge on any atom is -0.457 e. The highest BCUT2D eigenvalue weighted by Crippen LogP contribution is 2.40. The van der Waals surface area contributed by atoms with Crippen LogP contribution >= 0.6 is 0 Å².